The van der Waals surface area contributed by atoms with Gasteiger partial charge in [-0.05, 0) is 44.7 Å². The lowest BCUT2D eigenvalue weighted by molar-refractivity contribution is -0.132. The molecule has 1 saturated heterocycles. The molecule has 3 heterocycles. The quantitative estimate of drug-likeness (QED) is 0.764. The Labute approximate surface area is 163 Å². The van der Waals surface area contributed by atoms with Gasteiger partial charge >= 0.3 is 0 Å². The summed E-state index contributed by atoms with van der Waals surface area (Å²) in [5.74, 6) is 0.315. The molecule has 1 aliphatic heterocycles. The van der Waals surface area contributed by atoms with E-state index in [4.69, 9.17) is 4.74 Å². The van der Waals surface area contributed by atoms with Gasteiger partial charge in [0.1, 0.15) is 17.0 Å². The summed E-state index contributed by atoms with van der Waals surface area (Å²) < 4.78 is 10.1. The molecule has 1 unspecified atom stereocenters. The van der Waals surface area contributed by atoms with Gasteiger partial charge in [0, 0.05) is 25.8 Å². The minimum Gasteiger partial charge on any atom is -0.477 e. The molecule has 0 saturated carbocycles. The van der Waals surface area contributed by atoms with Gasteiger partial charge in [-0.3, -0.25) is 9.59 Å². The Balaban J connectivity index is 1.53. The molecular formula is C19H25N5O4. The molecular weight excluding hydrogens is 362 g/mol. The maximum Gasteiger partial charge on any atom is 0.256 e. The van der Waals surface area contributed by atoms with Crippen molar-refractivity contribution in [1.82, 2.24) is 25.5 Å². The molecule has 28 heavy (non-hydrogen) atoms. The maximum absolute atomic E-state index is 12.5. The van der Waals surface area contributed by atoms with Crippen LogP contribution in [0.4, 0.5) is 0 Å². The van der Waals surface area contributed by atoms with Crippen LogP contribution >= 0.6 is 0 Å². The van der Waals surface area contributed by atoms with Crippen LogP contribution in [0.25, 0.3) is 0 Å². The van der Waals surface area contributed by atoms with Crippen LogP contribution in [0.1, 0.15) is 41.5 Å². The predicted octanol–water partition coefficient (Wildman–Crippen LogP) is 1.38. The summed E-state index contributed by atoms with van der Waals surface area (Å²) in [6.45, 7) is 5.87. The third-order valence-electron chi connectivity index (χ3n) is 4.78. The third-order valence-corrected chi connectivity index (χ3v) is 4.78. The molecule has 2 aromatic rings. The number of aryl methyl sites for hydroxylation is 1. The minimum atomic E-state index is -0.218. The molecule has 9 heteroatoms. The van der Waals surface area contributed by atoms with E-state index < -0.39 is 0 Å². The van der Waals surface area contributed by atoms with E-state index in [1.165, 1.54) is 0 Å². The van der Waals surface area contributed by atoms with E-state index in [-0.39, 0.29) is 24.2 Å². The average Bonchev–Trinajstić information content (AvgIpc) is 3.11. The molecule has 1 N–H and O–H groups in total. The second-order valence-electron chi connectivity index (χ2n) is 6.82. The summed E-state index contributed by atoms with van der Waals surface area (Å²) in [6.07, 6.45) is 3.64. The van der Waals surface area contributed by atoms with E-state index >= 15 is 0 Å². The smallest absolute Gasteiger partial charge is 0.256 e. The van der Waals surface area contributed by atoms with Crippen molar-refractivity contribution in [3.05, 3.63) is 35.3 Å². The number of hydrogen-bond acceptors (Lipinski definition) is 7. The standard InChI is InChI=1S/C19H25N5O4/c1-3-27-19-15(7-4-8-20-19)18(26)21-11-14-6-5-9-24(12-14)17(25)10-16-13(2)22-28-23-16/h4,7-8,14H,3,5-6,9-12H2,1-2H3,(H,21,26). The Morgan fingerprint density at radius 1 is 1.39 bits per heavy atom. The van der Waals surface area contributed by atoms with Crippen LogP contribution in [0.5, 0.6) is 5.88 Å². The lowest BCUT2D eigenvalue weighted by atomic mass is 9.97. The molecule has 2 amide bonds. The summed E-state index contributed by atoms with van der Waals surface area (Å²) >= 11 is 0. The SMILES string of the molecule is CCOc1ncccc1C(=O)NCC1CCCN(C(=O)Cc2nonc2C)C1. The highest BCUT2D eigenvalue weighted by atomic mass is 16.6. The van der Waals surface area contributed by atoms with Gasteiger partial charge in [0.05, 0.1) is 13.0 Å². The van der Waals surface area contributed by atoms with Gasteiger partial charge in [-0.15, -0.1) is 0 Å². The normalized spacial score (nSPS) is 16.6. The first-order valence-corrected chi connectivity index (χ1v) is 9.50. The zero-order chi connectivity index (χ0) is 19.9. The van der Waals surface area contributed by atoms with Crippen molar-refractivity contribution in [3.8, 4) is 5.88 Å². The molecule has 1 aliphatic rings. The molecule has 2 aromatic heterocycles. The molecule has 150 valence electrons. The molecule has 1 atom stereocenters. The van der Waals surface area contributed by atoms with Crippen molar-refractivity contribution in [2.45, 2.75) is 33.1 Å². The van der Waals surface area contributed by atoms with Crippen LogP contribution in [-0.4, -0.2) is 58.3 Å². The van der Waals surface area contributed by atoms with Crippen molar-refractivity contribution >= 4 is 11.8 Å². The summed E-state index contributed by atoms with van der Waals surface area (Å²) in [4.78, 5) is 31.0. The van der Waals surface area contributed by atoms with Crippen molar-refractivity contribution in [2.24, 2.45) is 5.92 Å². The fourth-order valence-electron chi connectivity index (χ4n) is 3.27. The Hall–Kier alpha value is -2.97. The average molecular weight is 387 g/mol. The number of amides is 2. The molecule has 0 radical (unpaired) electrons. The van der Waals surface area contributed by atoms with Crippen LogP contribution in [0, 0.1) is 12.8 Å². The van der Waals surface area contributed by atoms with E-state index in [0.29, 0.717) is 49.1 Å². The van der Waals surface area contributed by atoms with Crippen molar-refractivity contribution < 1.29 is 19.0 Å². The molecule has 9 nitrogen and oxygen atoms in total. The molecule has 0 aromatic carbocycles. The Bertz CT molecular complexity index is 822. The van der Waals surface area contributed by atoms with Crippen molar-refractivity contribution in [2.75, 3.05) is 26.2 Å². The number of carbonyl (C=O) groups is 2. The van der Waals surface area contributed by atoms with Gasteiger partial charge in [0.15, 0.2) is 0 Å². The van der Waals surface area contributed by atoms with E-state index in [0.717, 1.165) is 12.8 Å². The highest BCUT2D eigenvalue weighted by Gasteiger charge is 2.25. The lowest BCUT2D eigenvalue weighted by Crippen LogP contribution is -2.44. The first kappa shape index (κ1) is 19.8. The van der Waals surface area contributed by atoms with Gasteiger partial charge in [0.25, 0.3) is 5.91 Å². The maximum atomic E-state index is 12.5. The van der Waals surface area contributed by atoms with Gasteiger partial charge in [-0.2, -0.15) is 0 Å². The Morgan fingerprint density at radius 2 is 2.25 bits per heavy atom. The molecule has 0 aliphatic carbocycles. The first-order chi connectivity index (χ1) is 13.6. The summed E-state index contributed by atoms with van der Waals surface area (Å²) in [7, 11) is 0. The zero-order valence-corrected chi connectivity index (χ0v) is 16.2. The van der Waals surface area contributed by atoms with E-state index in [1.807, 2.05) is 11.8 Å². The summed E-state index contributed by atoms with van der Waals surface area (Å²) in [6, 6.07) is 3.40. The number of nitrogens with one attached hydrogen (secondary N) is 1. The fraction of sp³-hybridized carbons (Fsp3) is 0.526. The van der Waals surface area contributed by atoms with Crippen LogP contribution in [-0.2, 0) is 11.2 Å². The van der Waals surface area contributed by atoms with E-state index in [9.17, 15) is 9.59 Å². The lowest BCUT2D eigenvalue weighted by Gasteiger charge is -2.32. The molecule has 0 bridgehead atoms. The van der Waals surface area contributed by atoms with Gasteiger partial charge in [-0.1, -0.05) is 10.3 Å². The van der Waals surface area contributed by atoms with Gasteiger partial charge in [-0.25, -0.2) is 9.61 Å². The van der Waals surface area contributed by atoms with E-state index in [1.54, 1.807) is 25.3 Å². The van der Waals surface area contributed by atoms with Crippen LogP contribution in [0.3, 0.4) is 0 Å². The number of ether oxygens (including phenoxy) is 1. The molecule has 0 spiro atoms. The van der Waals surface area contributed by atoms with Crippen LogP contribution < -0.4 is 10.1 Å². The molecule has 1 fully saturated rings. The number of piperidine rings is 1. The first-order valence-electron chi connectivity index (χ1n) is 9.50. The molecule has 3 rings (SSSR count). The largest absolute Gasteiger partial charge is 0.477 e. The van der Waals surface area contributed by atoms with Crippen LogP contribution in [0.15, 0.2) is 23.0 Å². The van der Waals surface area contributed by atoms with Gasteiger partial charge < -0.3 is 15.0 Å². The fourth-order valence-corrected chi connectivity index (χ4v) is 3.27. The number of aromatic nitrogens is 3. The topological polar surface area (TPSA) is 110 Å². The van der Waals surface area contributed by atoms with Crippen molar-refractivity contribution in [3.63, 3.8) is 0 Å². The number of hydrogen-bond donors (Lipinski definition) is 1. The highest BCUT2D eigenvalue weighted by Crippen LogP contribution is 2.18. The zero-order valence-electron chi connectivity index (χ0n) is 16.2. The van der Waals surface area contributed by atoms with Crippen molar-refractivity contribution in [1.29, 1.82) is 0 Å². The second kappa shape index (κ2) is 9.29. The van der Waals surface area contributed by atoms with E-state index in [2.05, 4.69) is 25.2 Å². The third kappa shape index (κ3) is 4.85. The highest BCUT2D eigenvalue weighted by molar-refractivity contribution is 5.96. The second-order valence-corrected chi connectivity index (χ2v) is 6.82. The Morgan fingerprint density at radius 3 is 3.00 bits per heavy atom. The number of rotatable bonds is 7. The summed E-state index contributed by atoms with van der Waals surface area (Å²) in [5, 5.41) is 10.4. The number of pyridine rings is 1. The number of carbonyl (C=O) groups excluding carboxylic acids is 2. The Kier molecular flexibility index (Phi) is 6.57. The number of nitrogens with zero attached hydrogens (tertiary/aromatic N) is 4. The monoisotopic (exact) mass is 387 g/mol. The predicted molar refractivity (Wildman–Crippen MR) is 99.8 cm³/mol. The van der Waals surface area contributed by atoms with Gasteiger partial charge in [0.2, 0.25) is 11.8 Å². The van der Waals surface area contributed by atoms with Crippen LogP contribution in [0.2, 0.25) is 0 Å². The summed E-state index contributed by atoms with van der Waals surface area (Å²) in [5.41, 5.74) is 1.62. The minimum absolute atomic E-state index is 0.000665. The number of likely N-dealkylation sites (tertiary alicyclic amines) is 1.